The van der Waals surface area contributed by atoms with E-state index in [0.717, 1.165) is 0 Å². The largest absolute Gasteiger partial charge is 0.394 e. The third kappa shape index (κ3) is 4.05. The van der Waals surface area contributed by atoms with Crippen LogP contribution in [0.5, 0.6) is 0 Å². The number of carbonyl (C=O) groups is 1. The van der Waals surface area contributed by atoms with E-state index < -0.39 is 6.10 Å². The summed E-state index contributed by atoms with van der Waals surface area (Å²) >= 11 is 0. The molecule has 6 nitrogen and oxygen atoms in total. The van der Waals surface area contributed by atoms with Gasteiger partial charge in [-0.15, -0.1) is 0 Å². The van der Waals surface area contributed by atoms with Gasteiger partial charge in [0, 0.05) is 19.6 Å². The van der Waals surface area contributed by atoms with Crippen molar-refractivity contribution in [3.05, 3.63) is 0 Å². The lowest BCUT2D eigenvalue weighted by Crippen LogP contribution is -2.50. The number of nitrogens with zero attached hydrogens (tertiary/aromatic N) is 1. The Bertz CT molecular complexity index is 219. The molecule has 16 heavy (non-hydrogen) atoms. The van der Waals surface area contributed by atoms with Crippen LogP contribution >= 0.6 is 0 Å². The lowest BCUT2D eigenvalue weighted by molar-refractivity contribution is -0.137. The van der Waals surface area contributed by atoms with Crippen LogP contribution in [0.25, 0.3) is 0 Å². The molecule has 1 rings (SSSR count). The molecule has 1 fully saturated rings. The molecule has 94 valence electrons. The molecular weight excluding hydrogens is 212 g/mol. The molecule has 0 spiro atoms. The normalized spacial score (nSPS) is 20.6. The number of hydrogen-bond donors (Lipinski definition) is 3. The highest BCUT2D eigenvalue weighted by atomic mass is 16.5. The molecule has 1 heterocycles. The second kappa shape index (κ2) is 6.80. The Morgan fingerprint density at radius 1 is 1.50 bits per heavy atom. The first-order valence-corrected chi connectivity index (χ1v) is 5.54. The van der Waals surface area contributed by atoms with Gasteiger partial charge >= 0.3 is 0 Å². The fraction of sp³-hybridized carbons (Fsp3) is 0.900. The predicted molar refractivity (Wildman–Crippen MR) is 58.0 cm³/mol. The van der Waals surface area contributed by atoms with Crippen LogP contribution in [0.4, 0.5) is 0 Å². The van der Waals surface area contributed by atoms with E-state index in [1.165, 1.54) is 0 Å². The van der Waals surface area contributed by atoms with Crippen LogP contribution in [0, 0.1) is 0 Å². The number of amides is 1. The SMILES string of the molecule is CC(NCC(O)CO)C(=O)N1CCOCC1. The molecule has 1 amide bonds. The van der Waals surface area contributed by atoms with Crippen LogP contribution < -0.4 is 5.32 Å². The van der Waals surface area contributed by atoms with E-state index in [2.05, 4.69) is 5.32 Å². The molecule has 1 aliphatic rings. The van der Waals surface area contributed by atoms with Crippen LogP contribution in [0.15, 0.2) is 0 Å². The van der Waals surface area contributed by atoms with Crippen molar-refractivity contribution in [3.8, 4) is 0 Å². The lowest BCUT2D eigenvalue weighted by atomic mass is 10.2. The average Bonchev–Trinajstić information content (AvgIpc) is 2.35. The van der Waals surface area contributed by atoms with Crippen molar-refractivity contribution in [1.82, 2.24) is 10.2 Å². The lowest BCUT2D eigenvalue weighted by Gasteiger charge is -2.29. The van der Waals surface area contributed by atoms with Crippen molar-refractivity contribution in [2.45, 2.75) is 19.1 Å². The van der Waals surface area contributed by atoms with Crippen molar-refractivity contribution >= 4 is 5.91 Å². The molecule has 0 aromatic rings. The minimum atomic E-state index is -0.820. The van der Waals surface area contributed by atoms with Crippen molar-refractivity contribution in [2.24, 2.45) is 0 Å². The standard InChI is InChI=1S/C10H20N2O4/c1-8(11-6-9(14)7-13)10(15)12-2-4-16-5-3-12/h8-9,11,13-14H,2-7H2,1H3. The smallest absolute Gasteiger partial charge is 0.239 e. The van der Waals surface area contributed by atoms with Crippen molar-refractivity contribution in [3.63, 3.8) is 0 Å². The number of nitrogens with one attached hydrogen (secondary N) is 1. The van der Waals surface area contributed by atoms with E-state index in [0.29, 0.717) is 26.3 Å². The highest BCUT2D eigenvalue weighted by Gasteiger charge is 2.22. The monoisotopic (exact) mass is 232 g/mol. The zero-order valence-corrected chi connectivity index (χ0v) is 9.56. The molecule has 0 bridgehead atoms. The second-order valence-electron chi connectivity index (χ2n) is 3.90. The molecule has 1 saturated heterocycles. The molecule has 3 N–H and O–H groups in total. The van der Waals surface area contributed by atoms with Crippen LogP contribution in [0.3, 0.4) is 0 Å². The molecule has 0 radical (unpaired) electrons. The Morgan fingerprint density at radius 3 is 2.69 bits per heavy atom. The molecule has 2 unspecified atom stereocenters. The third-order valence-electron chi connectivity index (χ3n) is 2.56. The van der Waals surface area contributed by atoms with Gasteiger partial charge in [0.25, 0.3) is 0 Å². The summed E-state index contributed by atoms with van der Waals surface area (Å²) in [6.45, 7) is 4.07. The first-order valence-electron chi connectivity index (χ1n) is 5.54. The van der Waals surface area contributed by atoms with E-state index in [1.54, 1.807) is 11.8 Å². The van der Waals surface area contributed by atoms with Gasteiger partial charge in [0.15, 0.2) is 0 Å². The molecule has 0 saturated carbocycles. The topological polar surface area (TPSA) is 82.0 Å². The maximum absolute atomic E-state index is 11.9. The molecule has 0 aromatic carbocycles. The van der Waals surface area contributed by atoms with E-state index >= 15 is 0 Å². The highest BCUT2D eigenvalue weighted by Crippen LogP contribution is 2.00. The van der Waals surface area contributed by atoms with Gasteiger partial charge in [-0.25, -0.2) is 0 Å². The average molecular weight is 232 g/mol. The second-order valence-corrected chi connectivity index (χ2v) is 3.90. The maximum atomic E-state index is 11.9. The number of ether oxygens (including phenoxy) is 1. The number of carbonyl (C=O) groups excluding carboxylic acids is 1. The van der Waals surface area contributed by atoms with Gasteiger partial charge in [0.2, 0.25) is 5.91 Å². The van der Waals surface area contributed by atoms with Crippen LogP contribution in [0.1, 0.15) is 6.92 Å². The molecular formula is C10H20N2O4. The van der Waals surface area contributed by atoms with Crippen molar-refractivity contribution in [2.75, 3.05) is 39.5 Å². The Balaban J connectivity index is 2.29. The predicted octanol–water partition coefficient (Wildman–Crippen LogP) is -1.82. The summed E-state index contributed by atoms with van der Waals surface area (Å²) in [7, 11) is 0. The van der Waals surface area contributed by atoms with E-state index in [1.807, 2.05) is 0 Å². The van der Waals surface area contributed by atoms with Crippen LogP contribution in [0.2, 0.25) is 0 Å². The van der Waals surface area contributed by atoms with E-state index in [9.17, 15) is 4.79 Å². The van der Waals surface area contributed by atoms with E-state index in [4.69, 9.17) is 14.9 Å². The molecule has 0 aliphatic carbocycles. The number of aliphatic hydroxyl groups is 2. The first-order chi connectivity index (χ1) is 7.65. The summed E-state index contributed by atoms with van der Waals surface area (Å²) < 4.78 is 5.16. The Morgan fingerprint density at radius 2 is 2.12 bits per heavy atom. The van der Waals surface area contributed by atoms with Gasteiger partial charge in [0.05, 0.1) is 32.0 Å². The summed E-state index contributed by atoms with van der Waals surface area (Å²) in [5, 5.41) is 20.7. The zero-order chi connectivity index (χ0) is 12.0. The van der Waals surface area contributed by atoms with Gasteiger partial charge in [-0.1, -0.05) is 0 Å². The number of aliphatic hydroxyl groups excluding tert-OH is 2. The Labute approximate surface area is 95.2 Å². The van der Waals surface area contributed by atoms with Crippen molar-refractivity contribution < 1.29 is 19.7 Å². The van der Waals surface area contributed by atoms with E-state index in [-0.39, 0.29) is 25.1 Å². The van der Waals surface area contributed by atoms with Crippen LogP contribution in [-0.2, 0) is 9.53 Å². The summed E-state index contributed by atoms with van der Waals surface area (Å²) in [6, 6.07) is -0.348. The number of morpholine rings is 1. The Hall–Kier alpha value is -0.690. The number of hydrogen-bond acceptors (Lipinski definition) is 5. The fourth-order valence-electron chi connectivity index (χ4n) is 1.52. The molecule has 6 heteroatoms. The van der Waals surface area contributed by atoms with Gasteiger partial charge < -0.3 is 25.2 Å². The summed E-state index contributed by atoms with van der Waals surface area (Å²) in [5.74, 6) is 0.00781. The summed E-state index contributed by atoms with van der Waals surface area (Å²) in [6.07, 6.45) is -0.820. The highest BCUT2D eigenvalue weighted by molar-refractivity contribution is 5.81. The quantitative estimate of drug-likeness (QED) is 0.520. The zero-order valence-electron chi connectivity index (χ0n) is 9.56. The first kappa shape index (κ1) is 13.4. The van der Waals surface area contributed by atoms with Gasteiger partial charge in [-0.05, 0) is 6.92 Å². The minimum absolute atomic E-state index is 0.00781. The summed E-state index contributed by atoms with van der Waals surface area (Å²) in [4.78, 5) is 13.6. The van der Waals surface area contributed by atoms with Crippen molar-refractivity contribution in [1.29, 1.82) is 0 Å². The van der Waals surface area contributed by atoms with Gasteiger partial charge in [-0.2, -0.15) is 0 Å². The van der Waals surface area contributed by atoms with Gasteiger partial charge in [-0.3, -0.25) is 4.79 Å². The molecule has 0 aromatic heterocycles. The maximum Gasteiger partial charge on any atom is 0.239 e. The van der Waals surface area contributed by atoms with Gasteiger partial charge in [0.1, 0.15) is 0 Å². The Kier molecular flexibility index (Phi) is 5.68. The fourth-order valence-corrected chi connectivity index (χ4v) is 1.52. The summed E-state index contributed by atoms with van der Waals surface area (Å²) in [5.41, 5.74) is 0. The molecule has 1 aliphatic heterocycles. The molecule has 2 atom stereocenters. The number of rotatable bonds is 5. The van der Waals surface area contributed by atoms with Crippen LogP contribution in [-0.4, -0.2) is 72.6 Å². The minimum Gasteiger partial charge on any atom is -0.394 e. The third-order valence-corrected chi connectivity index (χ3v) is 2.56.